The molecule has 110 valence electrons. The van der Waals surface area contributed by atoms with E-state index in [1.165, 1.54) is 0 Å². The molecule has 3 rings (SSSR count). The number of aromatic nitrogens is 2. The maximum Gasteiger partial charge on any atom is 0.332 e. The summed E-state index contributed by atoms with van der Waals surface area (Å²) in [7, 11) is 0. The highest BCUT2D eigenvalue weighted by Crippen LogP contribution is 2.33. The second kappa shape index (κ2) is 5.87. The van der Waals surface area contributed by atoms with E-state index in [9.17, 15) is 4.79 Å². The molecule has 1 N–H and O–H groups in total. The number of benzene rings is 1. The van der Waals surface area contributed by atoms with Gasteiger partial charge in [0.05, 0.1) is 0 Å². The molecule has 1 aromatic carbocycles. The van der Waals surface area contributed by atoms with Gasteiger partial charge in [-0.25, -0.2) is 4.79 Å². The van der Waals surface area contributed by atoms with E-state index in [4.69, 9.17) is 14.4 Å². The lowest BCUT2D eigenvalue weighted by atomic mass is 10.2. The summed E-state index contributed by atoms with van der Waals surface area (Å²) < 4.78 is 10.6. The summed E-state index contributed by atoms with van der Waals surface area (Å²) in [5.74, 6) is -0.132. The summed E-state index contributed by atoms with van der Waals surface area (Å²) in [4.78, 5) is 16.3. The molecular weight excluding hydrogens is 292 g/mol. The van der Waals surface area contributed by atoms with Gasteiger partial charge in [-0.2, -0.15) is 4.98 Å². The number of aliphatic carboxylic acids is 1. The van der Waals surface area contributed by atoms with Gasteiger partial charge in [-0.3, -0.25) is 0 Å². The standard InChI is InChI=1S/C14H14N2O4S/c1-21-9-4-2-8(3-5-9)12-15-13(20-16-12)10-6-7-11(19-10)14(17)18/h2-5,10-11H,6-7H2,1H3,(H,17,18). The Balaban J connectivity index is 1.75. The molecule has 0 bridgehead atoms. The molecular formula is C14H14N2O4S. The fraction of sp³-hybridized carbons (Fsp3) is 0.357. The Morgan fingerprint density at radius 1 is 1.33 bits per heavy atom. The molecule has 0 spiro atoms. The van der Waals surface area contributed by atoms with Crippen molar-refractivity contribution in [3.8, 4) is 11.4 Å². The molecule has 0 amide bonds. The van der Waals surface area contributed by atoms with Crippen LogP contribution in [0.5, 0.6) is 0 Å². The molecule has 1 fully saturated rings. The molecule has 2 atom stereocenters. The number of carboxylic acids is 1. The summed E-state index contributed by atoms with van der Waals surface area (Å²) >= 11 is 1.66. The van der Waals surface area contributed by atoms with Gasteiger partial charge in [-0.05, 0) is 43.4 Å². The third-order valence-electron chi connectivity index (χ3n) is 3.36. The van der Waals surface area contributed by atoms with Crippen LogP contribution in [0.1, 0.15) is 24.8 Å². The third-order valence-corrected chi connectivity index (χ3v) is 4.10. The number of rotatable bonds is 4. The van der Waals surface area contributed by atoms with E-state index in [1.807, 2.05) is 30.5 Å². The molecule has 2 heterocycles. The quantitative estimate of drug-likeness (QED) is 0.869. The van der Waals surface area contributed by atoms with E-state index in [0.717, 1.165) is 10.5 Å². The average Bonchev–Trinajstić information content (AvgIpc) is 3.16. The zero-order chi connectivity index (χ0) is 14.8. The van der Waals surface area contributed by atoms with E-state index < -0.39 is 18.2 Å². The van der Waals surface area contributed by atoms with Gasteiger partial charge >= 0.3 is 5.97 Å². The molecule has 1 aliphatic heterocycles. The number of hydrogen-bond acceptors (Lipinski definition) is 6. The van der Waals surface area contributed by atoms with Crippen LogP contribution in [-0.2, 0) is 9.53 Å². The minimum Gasteiger partial charge on any atom is -0.479 e. The first kappa shape index (κ1) is 14.1. The van der Waals surface area contributed by atoms with Crippen LogP contribution in [0.25, 0.3) is 11.4 Å². The van der Waals surface area contributed by atoms with Gasteiger partial charge in [0.15, 0.2) is 6.10 Å². The Bertz CT molecular complexity index is 641. The van der Waals surface area contributed by atoms with Crippen LogP contribution in [0.4, 0.5) is 0 Å². The number of thioether (sulfide) groups is 1. The molecule has 21 heavy (non-hydrogen) atoms. The molecule has 1 aliphatic rings. The normalized spacial score (nSPS) is 21.6. The summed E-state index contributed by atoms with van der Waals surface area (Å²) in [6, 6.07) is 7.83. The number of carboxylic acid groups (broad SMARTS) is 1. The van der Waals surface area contributed by atoms with Crippen molar-refractivity contribution < 1.29 is 19.2 Å². The Morgan fingerprint density at radius 2 is 2.10 bits per heavy atom. The average molecular weight is 306 g/mol. The van der Waals surface area contributed by atoms with Crippen LogP contribution in [-0.4, -0.2) is 33.6 Å². The molecule has 2 aromatic rings. The van der Waals surface area contributed by atoms with E-state index in [-0.39, 0.29) is 0 Å². The monoisotopic (exact) mass is 306 g/mol. The van der Waals surface area contributed by atoms with Gasteiger partial charge in [0.25, 0.3) is 5.89 Å². The smallest absolute Gasteiger partial charge is 0.332 e. The summed E-state index contributed by atoms with van der Waals surface area (Å²) in [6.07, 6.45) is 1.83. The van der Waals surface area contributed by atoms with E-state index >= 15 is 0 Å². The van der Waals surface area contributed by atoms with Crippen molar-refractivity contribution in [1.82, 2.24) is 10.1 Å². The molecule has 0 aliphatic carbocycles. The van der Waals surface area contributed by atoms with Crippen LogP contribution in [0.15, 0.2) is 33.7 Å². The first-order valence-corrected chi connectivity index (χ1v) is 7.76. The van der Waals surface area contributed by atoms with Gasteiger partial charge in [0, 0.05) is 10.5 Å². The van der Waals surface area contributed by atoms with Crippen LogP contribution < -0.4 is 0 Å². The van der Waals surface area contributed by atoms with E-state index in [0.29, 0.717) is 24.6 Å². The highest BCUT2D eigenvalue weighted by atomic mass is 32.2. The number of carbonyl (C=O) groups is 1. The van der Waals surface area contributed by atoms with E-state index in [1.54, 1.807) is 11.8 Å². The van der Waals surface area contributed by atoms with Gasteiger partial charge < -0.3 is 14.4 Å². The number of ether oxygens (including phenoxy) is 1. The largest absolute Gasteiger partial charge is 0.479 e. The van der Waals surface area contributed by atoms with Crippen molar-refractivity contribution in [2.75, 3.05) is 6.26 Å². The molecule has 0 saturated carbocycles. The molecule has 1 aromatic heterocycles. The first-order valence-electron chi connectivity index (χ1n) is 6.53. The summed E-state index contributed by atoms with van der Waals surface area (Å²) in [6.45, 7) is 0. The lowest BCUT2D eigenvalue weighted by Crippen LogP contribution is -2.18. The molecule has 6 nitrogen and oxygen atoms in total. The van der Waals surface area contributed by atoms with Crippen molar-refractivity contribution >= 4 is 17.7 Å². The Labute approximate surface area is 125 Å². The topological polar surface area (TPSA) is 85.5 Å². The van der Waals surface area contributed by atoms with Gasteiger partial charge in [-0.1, -0.05) is 5.16 Å². The molecule has 0 radical (unpaired) electrons. The van der Waals surface area contributed by atoms with Crippen LogP contribution in [0.3, 0.4) is 0 Å². The van der Waals surface area contributed by atoms with Crippen LogP contribution >= 0.6 is 11.8 Å². The molecule has 2 unspecified atom stereocenters. The first-order chi connectivity index (χ1) is 10.2. The maximum absolute atomic E-state index is 10.9. The number of nitrogens with zero attached hydrogens (tertiary/aromatic N) is 2. The Kier molecular flexibility index (Phi) is 3.94. The van der Waals surface area contributed by atoms with E-state index in [2.05, 4.69) is 10.1 Å². The van der Waals surface area contributed by atoms with Gasteiger partial charge in [0.1, 0.15) is 6.10 Å². The Morgan fingerprint density at radius 3 is 2.71 bits per heavy atom. The lowest BCUT2D eigenvalue weighted by Gasteiger charge is -2.05. The lowest BCUT2D eigenvalue weighted by molar-refractivity contribution is -0.150. The summed E-state index contributed by atoms with van der Waals surface area (Å²) in [5, 5.41) is 12.9. The van der Waals surface area contributed by atoms with Crippen LogP contribution in [0.2, 0.25) is 0 Å². The highest BCUT2D eigenvalue weighted by Gasteiger charge is 2.34. The predicted octanol–water partition coefficient (Wildman–Crippen LogP) is 2.76. The maximum atomic E-state index is 10.9. The summed E-state index contributed by atoms with van der Waals surface area (Å²) in [5.41, 5.74) is 0.857. The molecule has 1 saturated heterocycles. The fourth-order valence-corrected chi connectivity index (χ4v) is 2.63. The van der Waals surface area contributed by atoms with Gasteiger partial charge in [0.2, 0.25) is 5.82 Å². The highest BCUT2D eigenvalue weighted by molar-refractivity contribution is 7.98. The van der Waals surface area contributed by atoms with Gasteiger partial charge in [-0.15, -0.1) is 11.8 Å². The second-order valence-electron chi connectivity index (χ2n) is 4.71. The second-order valence-corrected chi connectivity index (χ2v) is 5.59. The molecule has 7 heteroatoms. The van der Waals surface area contributed by atoms with Crippen molar-refractivity contribution in [3.05, 3.63) is 30.2 Å². The predicted molar refractivity (Wildman–Crippen MR) is 76.0 cm³/mol. The zero-order valence-electron chi connectivity index (χ0n) is 11.4. The third kappa shape index (κ3) is 2.93. The van der Waals surface area contributed by atoms with Crippen LogP contribution in [0, 0.1) is 0 Å². The number of hydrogen-bond donors (Lipinski definition) is 1. The fourth-order valence-electron chi connectivity index (χ4n) is 2.22. The van der Waals surface area contributed by atoms with Crippen molar-refractivity contribution in [3.63, 3.8) is 0 Å². The minimum atomic E-state index is -0.954. The van der Waals surface area contributed by atoms with Crippen molar-refractivity contribution in [2.45, 2.75) is 29.9 Å². The zero-order valence-corrected chi connectivity index (χ0v) is 12.2. The van der Waals surface area contributed by atoms with Crippen molar-refractivity contribution in [1.29, 1.82) is 0 Å². The SMILES string of the molecule is CSc1ccc(-c2noc(C3CCC(C(=O)O)O3)n2)cc1. The van der Waals surface area contributed by atoms with Crippen molar-refractivity contribution in [2.24, 2.45) is 0 Å². The minimum absolute atomic E-state index is 0.336. The Hall–Kier alpha value is -1.86.